The third-order valence-corrected chi connectivity index (χ3v) is 4.59. The molecule has 2 heterocycles. The number of aryl methyl sites for hydroxylation is 1. The quantitative estimate of drug-likeness (QED) is 0.386. The van der Waals surface area contributed by atoms with Crippen molar-refractivity contribution in [3.63, 3.8) is 0 Å². The van der Waals surface area contributed by atoms with Crippen LogP contribution in [-0.4, -0.2) is 42.9 Å². The second kappa shape index (κ2) is 9.91. The zero-order chi connectivity index (χ0) is 18.5. The maximum Gasteiger partial charge on any atom is 0.244 e. The summed E-state index contributed by atoms with van der Waals surface area (Å²) in [4.78, 5) is 18.4. The number of benzene rings is 1. The predicted octanol–water partition coefficient (Wildman–Crippen LogP) is 3.18. The van der Waals surface area contributed by atoms with Gasteiger partial charge in [-0.05, 0) is 44.9 Å². The standard InChI is InChI=1S/C19H25FN4O2.HI/c1-3-21-19(23-12-18(25)24-8-4-5-9-24)22-11-17-13(2)15-10-14(20)6-7-16(15)26-17;/h6-7,10H,3-5,8-9,11-12H2,1-2H3,(H2,21,22,23);1H. The molecule has 2 N–H and O–H groups in total. The monoisotopic (exact) mass is 488 g/mol. The van der Waals surface area contributed by atoms with Crippen molar-refractivity contribution in [3.05, 3.63) is 35.3 Å². The van der Waals surface area contributed by atoms with Crippen molar-refractivity contribution in [2.45, 2.75) is 33.2 Å². The SMILES string of the molecule is CCNC(=NCC(=O)N1CCCC1)NCc1oc2ccc(F)cc2c1C.I. The first-order chi connectivity index (χ1) is 12.6. The van der Waals surface area contributed by atoms with Crippen LogP contribution >= 0.6 is 24.0 Å². The Kier molecular flexibility index (Phi) is 7.88. The van der Waals surface area contributed by atoms with Gasteiger partial charge in [-0.25, -0.2) is 9.38 Å². The van der Waals surface area contributed by atoms with Crippen LogP contribution in [0.4, 0.5) is 4.39 Å². The maximum atomic E-state index is 13.4. The second-order valence-electron chi connectivity index (χ2n) is 6.43. The first kappa shape index (κ1) is 21.5. The number of guanidine groups is 1. The summed E-state index contributed by atoms with van der Waals surface area (Å²) in [5, 5.41) is 7.08. The van der Waals surface area contributed by atoms with Gasteiger partial charge in [0, 0.05) is 30.6 Å². The Bertz CT molecular complexity index is 815. The Morgan fingerprint density at radius 1 is 1.30 bits per heavy atom. The lowest BCUT2D eigenvalue weighted by Crippen LogP contribution is -2.38. The number of fused-ring (bicyclic) bond motifs is 1. The zero-order valence-electron chi connectivity index (χ0n) is 15.7. The van der Waals surface area contributed by atoms with Gasteiger partial charge >= 0.3 is 0 Å². The van der Waals surface area contributed by atoms with Crippen molar-refractivity contribution in [3.8, 4) is 0 Å². The number of hydrogen-bond donors (Lipinski definition) is 2. The van der Waals surface area contributed by atoms with Crippen LogP contribution < -0.4 is 10.6 Å². The fourth-order valence-electron chi connectivity index (χ4n) is 3.13. The topological polar surface area (TPSA) is 69.9 Å². The van der Waals surface area contributed by atoms with Crippen molar-refractivity contribution in [2.24, 2.45) is 4.99 Å². The van der Waals surface area contributed by atoms with Crippen LogP contribution in [-0.2, 0) is 11.3 Å². The molecule has 27 heavy (non-hydrogen) atoms. The molecule has 1 aliphatic heterocycles. The molecule has 1 amide bonds. The number of nitrogens with one attached hydrogen (secondary N) is 2. The first-order valence-corrected chi connectivity index (χ1v) is 9.06. The van der Waals surface area contributed by atoms with Gasteiger partial charge in [0.05, 0.1) is 6.54 Å². The Hall–Kier alpha value is -1.84. The number of rotatable bonds is 5. The molecule has 3 rings (SSSR count). The number of hydrogen-bond acceptors (Lipinski definition) is 3. The summed E-state index contributed by atoms with van der Waals surface area (Å²) in [6, 6.07) is 4.50. The van der Waals surface area contributed by atoms with Crippen molar-refractivity contribution in [1.82, 2.24) is 15.5 Å². The Morgan fingerprint density at radius 3 is 2.74 bits per heavy atom. The highest BCUT2D eigenvalue weighted by Gasteiger charge is 2.17. The van der Waals surface area contributed by atoms with Crippen LogP contribution in [0.15, 0.2) is 27.6 Å². The van der Waals surface area contributed by atoms with Crippen LogP contribution in [0, 0.1) is 12.7 Å². The molecule has 1 aromatic carbocycles. The minimum absolute atomic E-state index is 0. The normalized spacial score (nSPS) is 14.3. The Labute approximate surface area is 175 Å². The van der Waals surface area contributed by atoms with E-state index in [0.717, 1.165) is 42.6 Å². The van der Waals surface area contributed by atoms with E-state index in [1.54, 1.807) is 6.07 Å². The molecule has 0 spiro atoms. The van der Waals surface area contributed by atoms with Gasteiger partial charge in [-0.2, -0.15) is 0 Å². The molecule has 1 fully saturated rings. The summed E-state index contributed by atoms with van der Waals surface area (Å²) in [6.07, 6.45) is 2.14. The number of carbonyl (C=O) groups excluding carboxylic acids is 1. The van der Waals surface area contributed by atoms with Gasteiger partial charge in [-0.15, -0.1) is 24.0 Å². The van der Waals surface area contributed by atoms with Crippen molar-refractivity contribution < 1.29 is 13.6 Å². The summed E-state index contributed by atoms with van der Waals surface area (Å²) < 4.78 is 19.2. The number of furan rings is 1. The number of halogens is 2. The van der Waals surface area contributed by atoms with E-state index < -0.39 is 0 Å². The maximum absolute atomic E-state index is 13.4. The highest BCUT2D eigenvalue weighted by Crippen LogP contribution is 2.25. The summed E-state index contributed by atoms with van der Waals surface area (Å²) in [5.41, 5.74) is 1.56. The average molecular weight is 488 g/mol. The molecular formula is C19H26FIN4O2. The molecule has 2 aromatic rings. The third kappa shape index (κ3) is 5.33. The molecule has 0 aliphatic carbocycles. The molecule has 0 saturated carbocycles. The number of aliphatic imine (C=N–C) groups is 1. The fraction of sp³-hybridized carbons (Fsp3) is 0.474. The van der Waals surface area contributed by atoms with Crippen LogP contribution in [0.2, 0.25) is 0 Å². The molecule has 0 radical (unpaired) electrons. The summed E-state index contributed by atoms with van der Waals surface area (Å²) >= 11 is 0. The van der Waals surface area contributed by atoms with Crippen molar-refractivity contribution >= 4 is 46.8 Å². The van der Waals surface area contributed by atoms with Crippen LogP contribution in [0.5, 0.6) is 0 Å². The minimum Gasteiger partial charge on any atom is -0.459 e. The van der Waals surface area contributed by atoms with Gasteiger partial charge in [0.15, 0.2) is 5.96 Å². The Morgan fingerprint density at radius 2 is 2.04 bits per heavy atom. The number of amides is 1. The molecular weight excluding hydrogens is 462 g/mol. The summed E-state index contributed by atoms with van der Waals surface area (Å²) in [5.74, 6) is 1.06. The van der Waals surface area contributed by atoms with E-state index >= 15 is 0 Å². The van der Waals surface area contributed by atoms with Gasteiger partial charge in [-0.3, -0.25) is 4.79 Å². The number of nitrogens with zero attached hydrogens (tertiary/aromatic N) is 2. The number of carbonyl (C=O) groups is 1. The molecule has 1 saturated heterocycles. The first-order valence-electron chi connectivity index (χ1n) is 9.06. The van der Waals surface area contributed by atoms with E-state index in [1.165, 1.54) is 12.1 Å². The zero-order valence-corrected chi connectivity index (χ0v) is 18.0. The molecule has 148 valence electrons. The van der Waals surface area contributed by atoms with Gasteiger partial charge in [-0.1, -0.05) is 0 Å². The van der Waals surface area contributed by atoms with E-state index in [9.17, 15) is 9.18 Å². The molecule has 6 nitrogen and oxygen atoms in total. The Balaban J connectivity index is 0.00000261. The lowest BCUT2D eigenvalue weighted by molar-refractivity contribution is -0.128. The van der Waals surface area contributed by atoms with Crippen molar-refractivity contribution in [1.29, 1.82) is 0 Å². The molecule has 1 aliphatic rings. The smallest absolute Gasteiger partial charge is 0.244 e. The van der Waals surface area contributed by atoms with Crippen LogP contribution in [0.1, 0.15) is 31.1 Å². The van der Waals surface area contributed by atoms with E-state index in [4.69, 9.17) is 4.42 Å². The molecule has 8 heteroatoms. The van der Waals surface area contributed by atoms with Gasteiger partial charge in [0.1, 0.15) is 23.7 Å². The highest BCUT2D eigenvalue weighted by molar-refractivity contribution is 14.0. The van der Waals surface area contributed by atoms with Gasteiger partial charge in [0.25, 0.3) is 0 Å². The lowest BCUT2D eigenvalue weighted by atomic mass is 10.1. The largest absolute Gasteiger partial charge is 0.459 e. The fourth-order valence-corrected chi connectivity index (χ4v) is 3.13. The molecule has 1 aromatic heterocycles. The molecule has 0 atom stereocenters. The van der Waals surface area contributed by atoms with Crippen molar-refractivity contribution in [2.75, 3.05) is 26.2 Å². The van der Waals surface area contributed by atoms with Gasteiger partial charge in [0.2, 0.25) is 5.91 Å². The van der Waals surface area contributed by atoms with E-state index in [0.29, 0.717) is 24.6 Å². The predicted molar refractivity (Wildman–Crippen MR) is 115 cm³/mol. The lowest BCUT2D eigenvalue weighted by Gasteiger charge is -2.15. The average Bonchev–Trinajstić information content (AvgIpc) is 3.26. The van der Waals surface area contributed by atoms with Crippen LogP contribution in [0.3, 0.4) is 0 Å². The van der Waals surface area contributed by atoms with E-state index in [1.807, 2.05) is 18.7 Å². The van der Waals surface area contributed by atoms with Gasteiger partial charge < -0.3 is 20.0 Å². The van der Waals surface area contributed by atoms with E-state index in [-0.39, 0.29) is 42.2 Å². The molecule has 0 bridgehead atoms. The molecule has 0 unspecified atom stereocenters. The second-order valence-corrected chi connectivity index (χ2v) is 6.43. The van der Waals surface area contributed by atoms with Crippen LogP contribution in [0.25, 0.3) is 11.0 Å². The van der Waals surface area contributed by atoms with E-state index in [2.05, 4.69) is 15.6 Å². The highest BCUT2D eigenvalue weighted by atomic mass is 127. The number of likely N-dealkylation sites (tertiary alicyclic amines) is 1. The summed E-state index contributed by atoms with van der Waals surface area (Å²) in [7, 11) is 0. The minimum atomic E-state index is -0.281. The third-order valence-electron chi connectivity index (χ3n) is 4.59. The summed E-state index contributed by atoms with van der Waals surface area (Å²) in [6.45, 7) is 6.75.